The van der Waals surface area contributed by atoms with Gasteiger partial charge in [0.1, 0.15) is 5.75 Å². The number of carbonyl (C=O) groups excluding carboxylic acids is 1. The number of nitrogens with one attached hydrogen (secondary N) is 1. The van der Waals surface area contributed by atoms with Gasteiger partial charge in [0.15, 0.2) is 0 Å². The topological polar surface area (TPSA) is 61.7 Å². The third-order valence-electron chi connectivity index (χ3n) is 3.82. The lowest BCUT2D eigenvalue weighted by atomic mass is 10.1. The molecule has 2 aromatic rings. The number of phenols is 1. The number of aromatic hydroxyl groups is 1. The number of amides is 1. The van der Waals surface area contributed by atoms with Crippen molar-refractivity contribution in [2.45, 2.75) is 18.1 Å². The van der Waals surface area contributed by atoms with E-state index in [1.165, 1.54) is 17.3 Å². The summed E-state index contributed by atoms with van der Waals surface area (Å²) in [6.07, 6.45) is 3.61. The number of nitrogens with zero attached hydrogens (tertiary/aromatic N) is 1. The minimum atomic E-state index is -0.133. The summed E-state index contributed by atoms with van der Waals surface area (Å²) >= 11 is 1.65. The van der Waals surface area contributed by atoms with E-state index in [0.717, 1.165) is 12.8 Å². The number of fused-ring (bicyclic) bond motifs is 1. The zero-order valence-electron chi connectivity index (χ0n) is 12.6. The first-order chi connectivity index (χ1) is 11.2. The van der Waals surface area contributed by atoms with E-state index in [0.29, 0.717) is 16.6 Å². The molecular weight excluding hydrogens is 308 g/mol. The lowest BCUT2D eigenvalue weighted by Gasteiger charge is -2.10. The highest BCUT2D eigenvalue weighted by atomic mass is 32.2. The van der Waals surface area contributed by atoms with E-state index in [2.05, 4.69) is 34.8 Å². The second-order valence-electron chi connectivity index (χ2n) is 5.39. The number of benzene rings is 2. The molecule has 3 rings (SSSR count). The van der Waals surface area contributed by atoms with Gasteiger partial charge in [-0.25, -0.2) is 5.43 Å². The fourth-order valence-corrected chi connectivity index (χ4v) is 3.78. The zero-order chi connectivity index (χ0) is 16.1. The van der Waals surface area contributed by atoms with Gasteiger partial charge in [0, 0.05) is 10.8 Å². The molecule has 0 saturated carbocycles. The van der Waals surface area contributed by atoms with Crippen molar-refractivity contribution in [2.24, 2.45) is 5.10 Å². The fraction of sp³-hybridized carbons (Fsp3) is 0.222. The molecule has 0 fully saturated rings. The van der Waals surface area contributed by atoms with Crippen molar-refractivity contribution in [3.05, 3.63) is 65.2 Å². The van der Waals surface area contributed by atoms with Crippen LogP contribution in [0.2, 0.25) is 0 Å². The number of carbonyl (C=O) groups is 1. The smallest absolute Gasteiger partial charge is 0.250 e. The summed E-state index contributed by atoms with van der Waals surface area (Å²) in [5.74, 6) is 0.380. The Kier molecular flexibility index (Phi) is 4.98. The average Bonchev–Trinajstić information content (AvgIpc) is 2.98. The highest BCUT2D eigenvalue weighted by Crippen LogP contribution is 2.40. The molecule has 4 nitrogen and oxygen atoms in total. The molecule has 0 heterocycles. The first kappa shape index (κ1) is 15.6. The van der Waals surface area contributed by atoms with Crippen LogP contribution in [0.1, 0.15) is 28.4 Å². The summed E-state index contributed by atoms with van der Waals surface area (Å²) in [7, 11) is 0. The van der Waals surface area contributed by atoms with Crippen LogP contribution in [0.4, 0.5) is 0 Å². The SMILES string of the molecule is O=C(CSC1CCc2ccccc21)NN=Cc1ccccc1O. The summed E-state index contributed by atoms with van der Waals surface area (Å²) < 4.78 is 0. The molecule has 0 spiro atoms. The van der Waals surface area contributed by atoms with Crippen molar-refractivity contribution in [3.63, 3.8) is 0 Å². The first-order valence-electron chi connectivity index (χ1n) is 7.53. The van der Waals surface area contributed by atoms with Gasteiger partial charge in [-0.2, -0.15) is 5.10 Å². The standard InChI is InChI=1S/C18H18N2O2S/c21-16-8-4-2-6-14(16)11-19-20-18(22)12-23-17-10-9-13-5-1-3-7-15(13)17/h1-8,11,17,21H,9-10,12H2,(H,20,22). The van der Waals surface area contributed by atoms with Crippen LogP contribution in [0.5, 0.6) is 5.75 Å². The van der Waals surface area contributed by atoms with Crippen molar-refractivity contribution >= 4 is 23.9 Å². The molecule has 0 radical (unpaired) electrons. The Morgan fingerprint density at radius 3 is 2.91 bits per heavy atom. The second kappa shape index (κ2) is 7.33. The summed E-state index contributed by atoms with van der Waals surface area (Å²) in [5.41, 5.74) is 5.82. The van der Waals surface area contributed by atoms with Crippen LogP contribution in [0, 0.1) is 0 Å². The van der Waals surface area contributed by atoms with Crippen LogP contribution < -0.4 is 5.43 Å². The van der Waals surface area contributed by atoms with Crippen molar-refractivity contribution < 1.29 is 9.90 Å². The Bertz CT molecular complexity index is 730. The van der Waals surface area contributed by atoms with Crippen LogP contribution in [0.15, 0.2) is 53.6 Å². The number of rotatable bonds is 5. The van der Waals surface area contributed by atoms with Gasteiger partial charge in [-0.1, -0.05) is 36.4 Å². The van der Waals surface area contributed by atoms with Crippen LogP contribution in [-0.4, -0.2) is 23.0 Å². The molecule has 2 aromatic carbocycles. The molecule has 1 aliphatic carbocycles. The number of phenolic OH excluding ortho intramolecular Hbond substituents is 1. The maximum atomic E-state index is 11.9. The van der Waals surface area contributed by atoms with Crippen molar-refractivity contribution in [1.29, 1.82) is 0 Å². The monoisotopic (exact) mass is 326 g/mol. The van der Waals surface area contributed by atoms with E-state index in [1.54, 1.807) is 36.0 Å². The van der Waals surface area contributed by atoms with E-state index >= 15 is 0 Å². The maximum Gasteiger partial charge on any atom is 0.250 e. The van der Waals surface area contributed by atoms with Crippen LogP contribution in [0.3, 0.4) is 0 Å². The third-order valence-corrected chi connectivity index (χ3v) is 5.14. The van der Waals surface area contributed by atoms with Gasteiger partial charge < -0.3 is 5.11 Å². The lowest BCUT2D eigenvalue weighted by Crippen LogP contribution is -2.20. The molecule has 118 valence electrons. The minimum absolute atomic E-state index is 0.133. The molecule has 1 amide bonds. The summed E-state index contributed by atoms with van der Waals surface area (Å²) in [6.45, 7) is 0. The van der Waals surface area contributed by atoms with Gasteiger partial charge in [-0.15, -0.1) is 11.8 Å². The van der Waals surface area contributed by atoms with Gasteiger partial charge in [0.2, 0.25) is 5.91 Å². The first-order valence-corrected chi connectivity index (χ1v) is 8.58. The molecule has 1 aliphatic rings. The molecule has 0 bridgehead atoms. The largest absolute Gasteiger partial charge is 0.507 e. The predicted molar refractivity (Wildman–Crippen MR) is 93.8 cm³/mol. The molecule has 0 saturated heterocycles. The van der Waals surface area contributed by atoms with Gasteiger partial charge in [0.05, 0.1) is 12.0 Å². The molecule has 5 heteroatoms. The molecule has 0 aliphatic heterocycles. The Morgan fingerprint density at radius 1 is 1.26 bits per heavy atom. The molecule has 1 atom stereocenters. The Balaban J connectivity index is 1.48. The number of hydrogen-bond acceptors (Lipinski definition) is 4. The van der Waals surface area contributed by atoms with E-state index in [-0.39, 0.29) is 11.7 Å². The highest BCUT2D eigenvalue weighted by Gasteiger charge is 2.22. The molecule has 2 N–H and O–H groups in total. The lowest BCUT2D eigenvalue weighted by molar-refractivity contribution is -0.118. The number of hydrazone groups is 1. The predicted octanol–water partition coefficient (Wildman–Crippen LogP) is 3.26. The van der Waals surface area contributed by atoms with E-state index in [1.807, 2.05) is 0 Å². The second-order valence-corrected chi connectivity index (χ2v) is 6.58. The number of hydrogen-bond donors (Lipinski definition) is 2. The van der Waals surface area contributed by atoms with Crippen LogP contribution in [0.25, 0.3) is 0 Å². The highest BCUT2D eigenvalue weighted by molar-refractivity contribution is 8.00. The van der Waals surface area contributed by atoms with Gasteiger partial charge in [-0.05, 0) is 36.1 Å². The van der Waals surface area contributed by atoms with E-state index in [9.17, 15) is 9.90 Å². The van der Waals surface area contributed by atoms with Crippen molar-refractivity contribution in [2.75, 3.05) is 5.75 Å². The summed E-state index contributed by atoms with van der Waals surface area (Å²) in [5, 5.41) is 13.9. The minimum Gasteiger partial charge on any atom is -0.507 e. The van der Waals surface area contributed by atoms with Crippen LogP contribution >= 0.6 is 11.8 Å². The van der Waals surface area contributed by atoms with Crippen molar-refractivity contribution in [1.82, 2.24) is 5.43 Å². The zero-order valence-corrected chi connectivity index (χ0v) is 13.4. The third kappa shape index (κ3) is 3.93. The van der Waals surface area contributed by atoms with E-state index in [4.69, 9.17) is 0 Å². The fourth-order valence-electron chi connectivity index (χ4n) is 2.67. The molecular formula is C18H18N2O2S. The Morgan fingerprint density at radius 2 is 2.04 bits per heavy atom. The maximum absolute atomic E-state index is 11.9. The van der Waals surface area contributed by atoms with Gasteiger partial charge in [0.25, 0.3) is 0 Å². The molecule has 0 aromatic heterocycles. The Hall–Kier alpha value is -2.27. The van der Waals surface area contributed by atoms with E-state index < -0.39 is 0 Å². The number of para-hydroxylation sites is 1. The quantitative estimate of drug-likeness (QED) is 0.655. The number of thioether (sulfide) groups is 1. The molecule has 23 heavy (non-hydrogen) atoms. The number of aryl methyl sites for hydroxylation is 1. The van der Waals surface area contributed by atoms with Crippen molar-refractivity contribution in [3.8, 4) is 5.75 Å². The normalized spacial score (nSPS) is 16.4. The Labute approximate surface area is 139 Å². The van der Waals surface area contributed by atoms with Gasteiger partial charge >= 0.3 is 0 Å². The van der Waals surface area contributed by atoms with Gasteiger partial charge in [-0.3, -0.25) is 4.79 Å². The average molecular weight is 326 g/mol. The summed E-state index contributed by atoms with van der Waals surface area (Å²) in [6, 6.07) is 15.3. The molecule has 1 unspecified atom stereocenters. The summed E-state index contributed by atoms with van der Waals surface area (Å²) in [4.78, 5) is 11.9. The van der Waals surface area contributed by atoms with Crippen LogP contribution in [-0.2, 0) is 11.2 Å².